The number of nitrogen functional groups attached to an aromatic ring is 1. The normalized spacial score (nSPS) is 19.0. The van der Waals surface area contributed by atoms with E-state index in [1.54, 1.807) is 12.1 Å². The van der Waals surface area contributed by atoms with Gasteiger partial charge in [0.1, 0.15) is 11.0 Å². The molecule has 1 aliphatic heterocycles. The number of nitrogens with two attached hydrogens (primary N) is 1. The quantitative estimate of drug-likeness (QED) is 0.810. The fourth-order valence-corrected chi connectivity index (χ4v) is 3.36. The van der Waals surface area contributed by atoms with Gasteiger partial charge in [-0.25, -0.2) is 4.98 Å². The zero-order chi connectivity index (χ0) is 14.0. The third-order valence-electron chi connectivity index (χ3n) is 3.19. The number of hydrogen-bond acceptors (Lipinski definition) is 4. The third-order valence-corrected chi connectivity index (χ3v) is 4.75. The minimum absolute atomic E-state index is 0.0192. The van der Waals surface area contributed by atoms with E-state index < -0.39 is 0 Å². The van der Waals surface area contributed by atoms with Crippen LogP contribution in [0.1, 0.15) is 30.6 Å². The summed E-state index contributed by atoms with van der Waals surface area (Å²) in [4.78, 5) is 18.2. The average molecular weight is 300 g/mol. The highest BCUT2D eigenvalue weighted by Crippen LogP contribution is 2.31. The molecule has 1 aromatic heterocycles. The monoisotopic (exact) mass is 299 g/mol. The summed E-state index contributed by atoms with van der Waals surface area (Å²) in [5.41, 5.74) is 6.15. The Morgan fingerprint density at radius 1 is 1.47 bits per heavy atom. The molecule has 0 unspecified atom stereocenters. The summed E-state index contributed by atoms with van der Waals surface area (Å²) < 4.78 is 0.226. The van der Waals surface area contributed by atoms with E-state index in [-0.39, 0.29) is 21.6 Å². The van der Waals surface area contributed by atoms with Crippen molar-refractivity contribution in [2.24, 2.45) is 0 Å². The molecular formula is C13H18ClN3OS. The lowest BCUT2D eigenvalue weighted by Crippen LogP contribution is -2.33. The van der Waals surface area contributed by atoms with Crippen molar-refractivity contribution in [1.29, 1.82) is 0 Å². The lowest BCUT2D eigenvalue weighted by molar-refractivity contribution is 0.0764. The van der Waals surface area contributed by atoms with E-state index in [0.29, 0.717) is 5.56 Å². The molecule has 1 aromatic rings. The molecule has 0 atom stereocenters. The van der Waals surface area contributed by atoms with Gasteiger partial charge in [-0.05, 0) is 18.6 Å². The molecule has 6 heteroatoms. The van der Waals surface area contributed by atoms with Gasteiger partial charge >= 0.3 is 0 Å². The van der Waals surface area contributed by atoms with Gasteiger partial charge in [0, 0.05) is 29.2 Å². The van der Waals surface area contributed by atoms with Gasteiger partial charge in [0.15, 0.2) is 0 Å². The molecule has 0 saturated carbocycles. The molecule has 19 heavy (non-hydrogen) atoms. The number of rotatable bonds is 1. The second kappa shape index (κ2) is 5.59. The molecule has 1 fully saturated rings. The van der Waals surface area contributed by atoms with Crippen LogP contribution >= 0.6 is 23.4 Å². The van der Waals surface area contributed by atoms with Crippen LogP contribution in [0, 0.1) is 0 Å². The first kappa shape index (κ1) is 14.5. The van der Waals surface area contributed by atoms with Gasteiger partial charge < -0.3 is 10.6 Å². The highest BCUT2D eigenvalue weighted by atomic mass is 35.5. The van der Waals surface area contributed by atoms with Crippen LogP contribution in [-0.4, -0.2) is 39.4 Å². The largest absolute Gasteiger partial charge is 0.384 e. The van der Waals surface area contributed by atoms with E-state index in [4.69, 9.17) is 17.3 Å². The van der Waals surface area contributed by atoms with E-state index in [0.717, 1.165) is 25.3 Å². The molecule has 2 N–H and O–H groups in total. The molecule has 104 valence electrons. The minimum Gasteiger partial charge on any atom is -0.384 e. The van der Waals surface area contributed by atoms with Crippen LogP contribution < -0.4 is 5.73 Å². The lowest BCUT2D eigenvalue weighted by Gasteiger charge is -2.22. The zero-order valence-corrected chi connectivity index (χ0v) is 12.7. The van der Waals surface area contributed by atoms with Crippen molar-refractivity contribution in [3.63, 3.8) is 0 Å². The maximum Gasteiger partial charge on any atom is 0.254 e. The van der Waals surface area contributed by atoms with Crippen LogP contribution in [0.5, 0.6) is 0 Å². The number of hydrogen-bond donors (Lipinski definition) is 1. The van der Waals surface area contributed by atoms with Crippen LogP contribution in [0.4, 0.5) is 5.82 Å². The molecule has 1 aliphatic rings. The number of thioether (sulfide) groups is 1. The van der Waals surface area contributed by atoms with Gasteiger partial charge in [-0.2, -0.15) is 11.8 Å². The predicted molar refractivity (Wildman–Crippen MR) is 80.7 cm³/mol. The summed E-state index contributed by atoms with van der Waals surface area (Å²) in [6.07, 6.45) is 0.984. The van der Waals surface area contributed by atoms with Crippen molar-refractivity contribution in [3.05, 3.63) is 22.8 Å². The van der Waals surface area contributed by atoms with Crippen molar-refractivity contribution >= 4 is 35.1 Å². The van der Waals surface area contributed by atoms with Gasteiger partial charge in [-0.1, -0.05) is 25.4 Å². The molecule has 0 spiro atoms. The molecule has 2 heterocycles. The highest BCUT2D eigenvalue weighted by Gasteiger charge is 2.26. The summed E-state index contributed by atoms with van der Waals surface area (Å²) in [5.74, 6) is 1.21. The predicted octanol–water partition coefficient (Wildman–Crippen LogP) is 2.67. The fraction of sp³-hybridized carbons (Fsp3) is 0.538. The van der Waals surface area contributed by atoms with Gasteiger partial charge in [0.25, 0.3) is 5.91 Å². The third kappa shape index (κ3) is 3.76. The number of halogens is 1. The maximum atomic E-state index is 12.4. The molecule has 0 bridgehead atoms. The van der Waals surface area contributed by atoms with Gasteiger partial charge in [-0.3, -0.25) is 4.79 Å². The summed E-state index contributed by atoms with van der Waals surface area (Å²) in [5, 5.41) is 0.257. The summed E-state index contributed by atoms with van der Waals surface area (Å²) in [7, 11) is 0. The Morgan fingerprint density at radius 2 is 2.21 bits per heavy atom. The molecule has 0 aromatic carbocycles. The number of carbonyl (C=O) groups is 1. The Kier molecular flexibility index (Phi) is 4.26. The van der Waals surface area contributed by atoms with Crippen LogP contribution in [-0.2, 0) is 0 Å². The van der Waals surface area contributed by atoms with Crippen molar-refractivity contribution in [2.45, 2.75) is 25.0 Å². The van der Waals surface area contributed by atoms with E-state index in [1.807, 2.05) is 16.7 Å². The van der Waals surface area contributed by atoms with E-state index in [2.05, 4.69) is 18.8 Å². The maximum absolute atomic E-state index is 12.4. The number of pyridine rings is 1. The minimum atomic E-state index is -0.0192. The SMILES string of the molecule is CC1(C)CCN(C(=O)c2cc(N)nc(Cl)c2)CCS1. The van der Waals surface area contributed by atoms with Crippen molar-refractivity contribution < 1.29 is 4.79 Å². The first-order valence-electron chi connectivity index (χ1n) is 6.24. The van der Waals surface area contributed by atoms with Crippen molar-refractivity contribution in [1.82, 2.24) is 9.88 Å². The molecular weight excluding hydrogens is 282 g/mol. The zero-order valence-electron chi connectivity index (χ0n) is 11.1. The van der Waals surface area contributed by atoms with E-state index in [9.17, 15) is 4.79 Å². The summed E-state index contributed by atoms with van der Waals surface area (Å²) >= 11 is 7.75. The standard InChI is InChI=1S/C13H18ClN3OS/c1-13(2)3-4-17(5-6-19-13)12(18)9-7-10(14)16-11(15)8-9/h7-8H,3-6H2,1-2H3,(H2,15,16). The smallest absolute Gasteiger partial charge is 0.254 e. The Hall–Kier alpha value is -0.940. The molecule has 4 nitrogen and oxygen atoms in total. The number of anilines is 1. The Morgan fingerprint density at radius 3 is 2.89 bits per heavy atom. The fourth-order valence-electron chi connectivity index (χ4n) is 2.05. The van der Waals surface area contributed by atoms with Crippen molar-refractivity contribution in [2.75, 3.05) is 24.6 Å². The molecule has 1 amide bonds. The highest BCUT2D eigenvalue weighted by molar-refractivity contribution is 8.00. The van der Waals surface area contributed by atoms with Crippen LogP contribution in [0.2, 0.25) is 5.15 Å². The van der Waals surface area contributed by atoms with Crippen molar-refractivity contribution in [3.8, 4) is 0 Å². The number of aromatic nitrogens is 1. The Bertz CT molecular complexity index is 473. The van der Waals surface area contributed by atoms with Gasteiger partial charge in [-0.15, -0.1) is 0 Å². The van der Waals surface area contributed by atoms with Crippen LogP contribution in [0.15, 0.2) is 12.1 Å². The number of nitrogens with zero attached hydrogens (tertiary/aromatic N) is 2. The second-order valence-corrected chi connectivity index (χ2v) is 7.44. The van der Waals surface area contributed by atoms with Crippen LogP contribution in [0.3, 0.4) is 0 Å². The van der Waals surface area contributed by atoms with Gasteiger partial charge in [0.05, 0.1) is 0 Å². The van der Waals surface area contributed by atoms with E-state index >= 15 is 0 Å². The van der Waals surface area contributed by atoms with Gasteiger partial charge in [0.2, 0.25) is 0 Å². The summed E-state index contributed by atoms with van der Waals surface area (Å²) in [6, 6.07) is 3.15. The van der Waals surface area contributed by atoms with Crippen LogP contribution in [0.25, 0.3) is 0 Å². The lowest BCUT2D eigenvalue weighted by atomic mass is 10.1. The molecule has 1 saturated heterocycles. The number of carbonyl (C=O) groups excluding carboxylic acids is 1. The first-order chi connectivity index (χ1) is 8.87. The topological polar surface area (TPSA) is 59.2 Å². The Balaban J connectivity index is 2.15. The summed E-state index contributed by atoms with van der Waals surface area (Å²) in [6.45, 7) is 5.95. The molecule has 0 aliphatic carbocycles. The average Bonchev–Trinajstić information content (AvgIpc) is 2.48. The Labute approximate surface area is 122 Å². The molecule has 0 radical (unpaired) electrons. The number of amides is 1. The second-order valence-electron chi connectivity index (χ2n) is 5.25. The molecule has 2 rings (SSSR count). The van der Waals surface area contributed by atoms with E-state index in [1.165, 1.54) is 0 Å². The first-order valence-corrected chi connectivity index (χ1v) is 7.60.